The maximum atomic E-state index is 12.1. The first-order valence-corrected chi connectivity index (χ1v) is 9.18. The largest absolute Gasteiger partial charge is 0.460 e. The molecule has 3 atom stereocenters. The van der Waals surface area contributed by atoms with Gasteiger partial charge in [-0.3, -0.25) is 4.79 Å². The minimum atomic E-state index is -0.543. The summed E-state index contributed by atoms with van der Waals surface area (Å²) in [6.45, 7) is 14.0. The summed E-state index contributed by atoms with van der Waals surface area (Å²) in [5.74, 6) is 0.787. The molecule has 0 spiro atoms. The summed E-state index contributed by atoms with van der Waals surface area (Å²) in [4.78, 5) is 24.2. The van der Waals surface area contributed by atoms with Gasteiger partial charge in [0.15, 0.2) is 0 Å². The fourth-order valence-electron chi connectivity index (χ4n) is 2.96. The van der Waals surface area contributed by atoms with Gasteiger partial charge in [-0.1, -0.05) is 34.1 Å². The number of hydrogen-bond acceptors (Lipinski definition) is 4. The predicted octanol–water partition coefficient (Wildman–Crippen LogP) is 4.29. The van der Waals surface area contributed by atoms with E-state index in [-0.39, 0.29) is 24.0 Å². The molecular formula is C19H35NO4. The quantitative estimate of drug-likeness (QED) is 0.701. The van der Waals surface area contributed by atoms with E-state index < -0.39 is 11.7 Å². The highest BCUT2D eigenvalue weighted by molar-refractivity contribution is 5.75. The predicted molar refractivity (Wildman–Crippen MR) is 94.7 cm³/mol. The van der Waals surface area contributed by atoms with Crippen LogP contribution in [0.15, 0.2) is 0 Å². The first-order chi connectivity index (χ1) is 11.0. The number of hydrogen-bond donors (Lipinski definition) is 1. The lowest BCUT2D eigenvalue weighted by Crippen LogP contribution is -2.46. The van der Waals surface area contributed by atoms with Crippen molar-refractivity contribution in [3.63, 3.8) is 0 Å². The van der Waals surface area contributed by atoms with Gasteiger partial charge in [-0.25, -0.2) is 4.79 Å². The van der Waals surface area contributed by atoms with Crippen LogP contribution in [-0.2, 0) is 14.3 Å². The van der Waals surface area contributed by atoms with Crippen LogP contribution in [0, 0.1) is 17.8 Å². The van der Waals surface area contributed by atoms with Crippen LogP contribution in [0.4, 0.5) is 4.79 Å². The number of carbonyl (C=O) groups excluding carboxylic acids is 2. The summed E-state index contributed by atoms with van der Waals surface area (Å²) in [5.41, 5.74) is -0.543. The van der Waals surface area contributed by atoms with Crippen LogP contribution in [0.5, 0.6) is 0 Å². The van der Waals surface area contributed by atoms with Crippen molar-refractivity contribution in [1.82, 2.24) is 5.32 Å². The molecule has 1 aliphatic heterocycles. The number of rotatable bonds is 7. The zero-order valence-corrected chi connectivity index (χ0v) is 16.3. The minimum Gasteiger partial charge on any atom is -0.460 e. The molecule has 0 aromatic rings. The molecule has 0 aromatic heterocycles. The molecule has 5 nitrogen and oxygen atoms in total. The smallest absolute Gasteiger partial charge is 0.408 e. The number of cyclic esters (lactones) is 1. The third-order valence-corrected chi connectivity index (χ3v) is 4.09. The van der Waals surface area contributed by atoms with Gasteiger partial charge < -0.3 is 14.8 Å². The van der Waals surface area contributed by atoms with Crippen LogP contribution < -0.4 is 5.32 Å². The molecule has 1 amide bonds. The molecule has 1 heterocycles. The maximum Gasteiger partial charge on any atom is 0.408 e. The first-order valence-electron chi connectivity index (χ1n) is 9.18. The molecular weight excluding hydrogens is 306 g/mol. The third kappa shape index (κ3) is 7.54. The standard InChI is InChI=1S/C19H35NO4/c1-12(2)8-9-14-11-16(23-17(14)21)15(10-13(3)4)20-18(22)24-19(5,6)7/h12-16H,8-11H2,1-7H3,(H,20,22)/t14-,15+,16+/m1/s1. The van der Waals surface area contributed by atoms with Crippen molar-refractivity contribution in [2.24, 2.45) is 17.8 Å². The molecule has 1 rings (SSSR count). The van der Waals surface area contributed by atoms with E-state index in [4.69, 9.17) is 9.47 Å². The van der Waals surface area contributed by atoms with Crippen molar-refractivity contribution in [2.75, 3.05) is 0 Å². The van der Waals surface area contributed by atoms with Crippen molar-refractivity contribution < 1.29 is 19.1 Å². The zero-order valence-electron chi connectivity index (χ0n) is 16.3. The molecule has 0 bridgehead atoms. The van der Waals surface area contributed by atoms with Crippen molar-refractivity contribution >= 4 is 12.1 Å². The lowest BCUT2D eigenvalue weighted by atomic mass is 9.91. The lowest BCUT2D eigenvalue weighted by molar-refractivity contribution is -0.145. The number of carbonyl (C=O) groups is 2. The monoisotopic (exact) mass is 341 g/mol. The lowest BCUT2D eigenvalue weighted by Gasteiger charge is -2.27. The summed E-state index contributed by atoms with van der Waals surface area (Å²) in [6, 6.07) is -0.201. The van der Waals surface area contributed by atoms with E-state index in [0.717, 1.165) is 19.3 Å². The number of esters is 1. The Morgan fingerprint density at radius 3 is 2.38 bits per heavy atom. The second-order valence-electron chi connectivity index (χ2n) is 8.76. The van der Waals surface area contributed by atoms with Crippen LogP contribution >= 0.6 is 0 Å². The van der Waals surface area contributed by atoms with Gasteiger partial charge >= 0.3 is 12.1 Å². The number of nitrogens with one attached hydrogen (secondary N) is 1. The summed E-state index contributed by atoms with van der Waals surface area (Å²) in [6.07, 6.45) is 2.60. The molecule has 0 radical (unpaired) electrons. The molecule has 0 aliphatic carbocycles. The van der Waals surface area contributed by atoms with E-state index in [1.807, 2.05) is 20.8 Å². The molecule has 24 heavy (non-hydrogen) atoms. The van der Waals surface area contributed by atoms with Gasteiger partial charge in [0.25, 0.3) is 0 Å². The van der Waals surface area contributed by atoms with E-state index in [0.29, 0.717) is 18.3 Å². The Balaban J connectivity index is 2.68. The number of ether oxygens (including phenoxy) is 2. The summed E-state index contributed by atoms with van der Waals surface area (Å²) in [5, 5.41) is 2.91. The Morgan fingerprint density at radius 1 is 1.25 bits per heavy atom. The Bertz CT molecular complexity index is 426. The Morgan fingerprint density at radius 2 is 1.88 bits per heavy atom. The van der Waals surface area contributed by atoms with Crippen molar-refractivity contribution in [2.45, 2.75) is 91.9 Å². The highest BCUT2D eigenvalue weighted by Gasteiger charge is 2.39. The number of amides is 1. The van der Waals surface area contributed by atoms with E-state index in [9.17, 15) is 9.59 Å². The molecule has 1 saturated heterocycles. The van der Waals surface area contributed by atoms with Crippen LogP contribution in [0.25, 0.3) is 0 Å². The maximum absolute atomic E-state index is 12.1. The van der Waals surface area contributed by atoms with Gasteiger partial charge in [0.2, 0.25) is 0 Å². The molecule has 140 valence electrons. The fraction of sp³-hybridized carbons (Fsp3) is 0.895. The summed E-state index contributed by atoms with van der Waals surface area (Å²) >= 11 is 0. The van der Waals surface area contributed by atoms with E-state index >= 15 is 0 Å². The van der Waals surface area contributed by atoms with Crippen molar-refractivity contribution in [3.05, 3.63) is 0 Å². The van der Waals surface area contributed by atoms with Crippen LogP contribution in [0.1, 0.15) is 74.1 Å². The van der Waals surface area contributed by atoms with Crippen molar-refractivity contribution in [3.8, 4) is 0 Å². The molecule has 0 unspecified atom stereocenters. The normalized spacial score (nSPS) is 22.6. The first kappa shape index (κ1) is 20.8. The molecule has 5 heteroatoms. The van der Waals surface area contributed by atoms with Crippen LogP contribution in [0.2, 0.25) is 0 Å². The molecule has 1 aliphatic rings. The Kier molecular flexibility index (Phi) is 7.56. The second-order valence-corrected chi connectivity index (χ2v) is 8.76. The van der Waals surface area contributed by atoms with E-state index in [1.165, 1.54) is 0 Å². The third-order valence-electron chi connectivity index (χ3n) is 4.09. The Labute approximate surface area is 146 Å². The van der Waals surface area contributed by atoms with Gasteiger partial charge in [-0.05, 0) is 51.9 Å². The highest BCUT2D eigenvalue weighted by atomic mass is 16.6. The van der Waals surface area contributed by atoms with Crippen molar-refractivity contribution in [1.29, 1.82) is 0 Å². The average Bonchev–Trinajstić information content (AvgIpc) is 2.74. The summed E-state index contributed by atoms with van der Waals surface area (Å²) in [7, 11) is 0. The second kappa shape index (κ2) is 8.72. The number of alkyl carbamates (subject to hydrolysis) is 1. The average molecular weight is 341 g/mol. The van der Waals surface area contributed by atoms with Crippen LogP contribution in [0.3, 0.4) is 0 Å². The van der Waals surface area contributed by atoms with Crippen LogP contribution in [-0.4, -0.2) is 29.8 Å². The van der Waals surface area contributed by atoms with Gasteiger partial charge in [-0.15, -0.1) is 0 Å². The summed E-state index contributed by atoms with van der Waals surface area (Å²) < 4.78 is 10.9. The topological polar surface area (TPSA) is 64.6 Å². The molecule has 1 N–H and O–H groups in total. The molecule has 1 fully saturated rings. The van der Waals surface area contributed by atoms with Gasteiger partial charge in [0.1, 0.15) is 11.7 Å². The van der Waals surface area contributed by atoms with E-state index in [1.54, 1.807) is 0 Å². The Hall–Kier alpha value is -1.26. The molecule has 0 aromatic carbocycles. The highest BCUT2D eigenvalue weighted by Crippen LogP contribution is 2.30. The SMILES string of the molecule is CC(C)CC[C@@H]1C[C@@H]([C@H](CC(C)C)NC(=O)OC(C)(C)C)OC1=O. The zero-order chi connectivity index (χ0) is 18.5. The minimum absolute atomic E-state index is 0.0486. The fourth-order valence-corrected chi connectivity index (χ4v) is 2.96. The van der Waals surface area contributed by atoms with Gasteiger partial charge in [0, 0.05) is 0 Å². The van der Waals surface area contributed by atoms with Gasteiger partial charge in [-0.2, -0.15) is 0 Å². The van der Waals surface area contributed by atoms with E-state index in [2.05, 4.69) is 33.0 Å². The molecule has 0 saturated carbocycles. The van der Waals surface area contributed by atoms with Gasteiger partial charge in [0.05, 0.1) is 12.0 Å².